The maximum atomic E-state index is 3.51. The predicted molar refractivity (Wildman–Crippen MR) is 58.8 cm³/mol. The summed E-state index contributed by atoms with van der Waals surface area (Å²) < 4.78 is 0. The van der Waals surface area contributed by atoms with Gasteiger partial charge in [0.05, 0.1) is 0 Å². The SMILES string of the molecule is CC(C)CC(C)(C)C1CCCNC1. The minimum Gasteiger partial charge on any atom is -0.316 e. The Morgan fingerprint density at radius 3 is 2.54 bits per heavy atom. The summed E-state index contributed by atoms with van der Waals surface area (Å²) in [5, 5.41) is 3.51. The van der Waals surface area contributed by atoms with Crippen molar-refractivity contribution in [2.45, 2.75) is 47.0 Å². The zero-order valence-electron chi connectivity index (χ0n) is 9.69. The van der Waals surface area contributed by atoms with Crippen molar-refractivity contribution in [2.75, 3.05) is 13.1 Å². The highest BCUT2D eigenvalue weighted by atomic mass is 14.9. The van der Waals surface area contributed by atoms with Crippen molar-refractivity contribution in [3.05, 3.63) is 0 Å². The molecule has 0 radical (unpaired) electrons. The second-order valence-corrected chi connectivity index (χ2v) is 5.63. The van der Waals surface area contributed by atoms with E-state index in [2.05, 4.69) is 33.0 Å². The minimum absolute atomic E-state index is 0.529. The lowest BCUT2D eigenvalue weighted by Gasteiger charge is -2.38. The van der Waals surface area contributed by atoms with E-state index in [1.54, 1.807) is 0 Å². The Morgan fingerprint density at radius 1 is 1.38 bits per heavy atom. The average molecular weight is 183 g/mol. The van der Waals surface area contributed by atoms with Crippen LogP contribution in [0.15, 0.2) is 0 Å². The lowest BCUT2D eigenvalue weighted by Crippen LogP contribution is -2.38. The van der Waals surface area contributed by atoms with Crippen LogP contribution in [0.4, 0.5) is 0 Å². The Labute approximate surface area is 83.3 Å². The molecule has 1 unspecified atom stereocenters. The molecule has 1 N–H and O–H groups in total. The summed E-state index contributed by atoms with van der Waals surface area (Å²) in [5.74, 6) is 1.72. The number of nitrogens with one attached hydrogen (secondary N) is 1. The fourth-order valence-electron chi connectivity index (χ4n) is 2.74. The van der Waals surface area contributed by atoms with Crippen LogP contribution in [0.25, 0.3) is 0 Å². The van der Waals surface area contributed by atoms with E-state index in [0.29, 0.717) is 5.41 Å². The van der Waals surface area contributed by atoms with Crippen LogP contribution in [0.5, 0.6) is 0 Å². The number of piperidine rings is 1. The third-order valence-electron chi connectivity index (χ3n) is 3.34. The number of rotatable bonds is 3. The summed E-state index contributed by atoms with van der Waals surface area (Å²) in [6.07, 6.45) is 4.15. The molecule has 1 heterocycles. The lowest BCUT2D eigenvalue weighted by molar-refractivity contribution is 0.140. The number of hydrogen-bond donors (Lipinski definition) is 1. The van der Waals surface area contributed by atoms with Crippen LogP contribution >= 0.6 is 0 Å². The third-order valence-corrected chi connectivity index (χ3v) is 3.34. The molecular formula is C12H25N. The van der Waals surface area contributed by atoms with Crippen molar-refractivity contribution in [2.24, 2.45) is 17.3 Å². The van der Waals surface area contributed by atoms with E-state index in [9.17, 15) is 0 Å². The van der Waals surface area contributed by atoms with Gasteiger partial charge in [0.25, 0.3) is 0 Å². The van der Waals surface area contributed by atoms with E-state index in [-0.39, 0.29) is 0 Å². The standard InChI is InChI=1S/C12H25N/c1-10(2)8-12(3,4)11-6-5-7-13-9-11/h10-11,13H,5-9H2,1-4H3. The van der Waals surface area contributed by atoms with Crippen LogP contribution in [0.1, 0.15) is 47.0 Å². The van der Waals surface area contributed by atoms with Gasteiger partial charge in [0, 0.05) is 0 Å². The first-order chi connectivity index (χ1) is 6.02. The van der Waals surface area contributed by atoms with Gasteiger partial charge in [-0.1, -0.05) is 27.7 Å². The van der Waals surface area contributed by atoms with Crippen LogP contribution < -0.4 is 5.32 Å². The van der Waals surface area contributed by atoms with Crippen LogP contribution in [-0.4, -0.2) is 13.1 Å². The first-order valence-corrected chi connectivity index (χ1v) is 5.73. The first-order valence-electron chi connectivity index (χ1n) is 5.73. The van der Waals surface area contributed by atoms with E-state index in [0.717, 1.165) is 11.8 Å². The molecule has 0 aromatic heterocycles. The predicted octanol–water partition coefficient (Wildman–Crippen LogP) is 3.06. The van der Waals surface area contributed by atoms with Gasteiger partial charge in [0.1, 0.15) is 0 Å². The molecule has 1 fully saturated rings. The Hall–Kier alpha value is -0.0400. The van der Waals surface area contributed by atoms with Crippen molar-refractivity contribution in [3.8, 4) is 0 Å². The lowest BCUT2D eigenvalue weighted by atomic mass is 9.70. The molecular weight excluding hydrogens is 158 g/mol. The molecule has 1 nitrogen and oxygen atoms in total. The molecule has 1 aliphatic heterocycles. The summed E-state index contributed by atoms with van der Waals surface area (Å²) in [7, 11) is 0. The topological polar surface area (TPSA) is 12.0 Å². The largest absolute Gasteiger partial charge is 0.316 e. The zero-order chi connectivity index (χ0) is 9.90. The molecule has 1 rings (SSSR count). The molecule has 13 heavy (non-hydrogen) atoms. The van der Waals surface area contributed by atoms with Crippen LogP contribution in [0.2, 0.25) is 0 Å². The van der Waals surface area contributed by atoms with E-state index in [4.69, 9.17) is 0 Å². The average Bonchev–Trinajstić information content (AvgIpc) is 2.04. The van der Waals surface area contributed by atoms with Gasteiger partial charge in [-0.05, 0) is 49.6 Å². The van der Waals surface area contributed by atoms with Crippen molar-refractivity contribution < 1.29 is 0 Å². The highest BCUT2D eigenvalue weighted by Gasteiger charge is 2.30. The van der Waals surface area contributed by atoms with Gasteiger partial charge in [0.2, 0.25) is 0 Å². The zero-order valence-corrected chi connectivity index (χ0v) is 9.69. The van der Waals surface area contributed by atoms with Gasteiger partial charge in [-0.2, -0.15) is 0 Å². The Bertz CT molecular complexity index is 143. The third kappa shape index (κ3) is 3.30. The van der Waals surface area contributed by atoms with E-state index in [1.807, 2.05) is 0 Å². The van der Waals surface area contributed by atoms with E-state index < -0.39 is 0 Å². The number of hydrogen-bond acceptors (Lipinski definition) is 1. The molecule has 0 aliphatic carbocycles. The van der Waals surface area contributed by atoms with Crippen LogP contribution in [-0.2, 0) is 0 Å². The molecule has 1 aliphatic rings. The molecule has 0 aromatic rings. The molecule has 0 saturated carbocycles. The quantitative estimate of drug-likeness (QED) is 0.709. The summed E-state index contributed by atoms with van der Waals surface area (Å²) in [6.45, 7) is 12.0. The second-order valence-electron chi connectivity index (χ2n) is 5.63. The summed E-state index contributed by atoms with van der Waals surface area (Å²) in [5.41, 5.74) is 0.529. The van der Waals surface area contributed by atoms with Crippen molar-refractivity contribution in [1.29, 1.82) is 0 Å². The maximum absolute atomic E-state index is 3.51. The molecule has 1 heteroatoms. The molecule has 0 aromatic carbocycles. The normalized spacial score (nSPS) is 25.2. The van der Waals surface area contributed by atoms with Crippen LogP contribution in [0, 0.1) is 17.3 Å². The first kappa shape index (κ1) is 11.0. The maximum Gasteiger partial charge on any atom is -0.00154 e. The van der Waals surface area contributed by atoms with Gasteiger partial charge >= 0.3 is 0 Å². The fraction of sp³-hybridized carbons (Fsp3) is 1.00. The highest BCUT2D eigenvalue weighted by molar-refractivity contribution is 4.83. The molecule has 0 bridgehead atoms. The van der Waals surface area contributed by atoms with Gasteiger partial charge in [0.15, 0.2) is 0 Å². The van der Waals surface area contributed by atoms with Crippen molar-refractivity contribution >= 4 is 0 Å². The summed E-state index contributed by atoms with van der Waals surface area (Å²) in [6, 6.07) is 0. The fourth-order valence-corrected chi connectivity index (χ4v) is 2.74. The van der Waals surface area contributed by atoms with Gasteiger partial charge < -0.3 is 5.32 Å². The van der Waals surface area contributed by atoms with Crippen LogP contribution in [0.3, 0.4) is 0 Å². The Morgan fingerprint density at radius 2 is 2.08 bits per heavy atom. The van der Waals surface area contributed by atoms with Crippen molar-refractivity contribution in [3.63, 3.8) is 0 Å². The second kappa shape index (κ2) is 4.45. The van der Waals surface area contributed by atoms with Crippen molar-refractivity contribution in [1.82, 2.24) is 5.32 Å². The molecule has 1 saturated heterocycles. The van der Waals surface area contributed by atoms with Gasteiger partial charge in [-0.25, -0.2) is 0 Å². The molecule has 0 amide bonds. The minimum atomic E-state index is 0.529. The summed E-state index contributed by atoms with van der Waals surface area (Å²) in [4.78, 5) is 0. The Balaban J connectivity index is 2.45. The highest BCUT2D eigenvalue weighted by Crippen LogP contribution is 2.37. The van der Waals surface area contributed by atoms with E-state index in [1.165, 1.54) is 32.4 Å². The van der Waals surface area contributed by atoms with E-state index >= 15 is 0 Å². The van der Waals surface area contributed by atoms with Gasteiger partial charge in [-0.3, -0.25) is 0 Å². The Kier molecular flexibility index (Phi) is 3.78. The molecule has 1 atom stereocenters. The molecule has 0 spiro atoms. The monoisotopic (exact) mass is 183 g/mol. The molecule has 78 valence electrons. The smallest absolute Gasteiger partial charge is 0.00154 e. The summed E-state index contributed by atoms with van der Waals surface area (Å²) >= 11 is 0. The van der Waals surface area contributed by atoms with Gasteiger partial charge in [-0.15, -0.1) is 0 Å².